The number of allylic oxidation sites excluding steroid dienone is 1. The van der Waals surface area contributed by atoms with E-state index in [1.165, 1.54) is 41.7 Å². The van der Waals surface area contributed by atoms with Crippen molar-refractivity contribution >= 4 is 23.6 Å². The van der Waals surface area contributed by atoms with Crippen LogP contribution in [0.4, 0.5) is 13.2 Å². The fourth-order valence-electron chi connectivity index (χ4n) is 2.37. The highest BCUT2D eigenvalue weighted by Crippen LogP contribution is 2.20. The molecule has 1 unspecified atom stereocenters. The summed E-state index contributed by atoms with van der Waals surface area (Å²) in [7, 11) is 1.53. The molecule has 0 radical (unpaired) electrons. The van der Waals surface area contributed by atoms with Crippen LogP contribution in [0.3, 0.4) is 0 Å². The zero-order chi connectivity index (χ0) is 24.5. The number of rotatable bonds is 10. The second-order valence-corrected chi connectivity index (χ2v) is 6.93. The summed E-state index contributed by atoms with van der Waals surface area (Å²) in [4.78, 5) is 20.2. The van der Waals surface area contributed by atoms with Gasteiger partial charge in [0.05, 0.1) is 23.8 Å². The van der Waals surface area contributed by atoms with E-state index < -0.39 is 30.0 Å². The number of likely N-dealkylation sites (N-methyl/N-ethyl adjacent to an activating group) is 1. The molecule has 0 aliphatic carbocycles. The van der Waals surface area contributed by atoms with Gasteiger partial charge in [-0.05, 0) is 32.9 Å². The van der Waals surface area contributed by atoms with Crippen molar-refractivity contribution in [3.63, 3.8) is 0 Å². The Hall–Kier alpha value is -3.52. The molecule has 0 aliphatic rings. The normalized spacial score (nSPS) is 13.5. The minimum Gasteiger partial charge on any atom is -0.459 e. The van der Waals surface area contributed by atoms with Crippen LogP contribution in [0, 0.1) is 16.7 Å². The van der Waals surface area contributed by atoms with Crippen LogP contribution in [0.25, 0.3) is 5.57 Å². The van der Waals surface area contributed by atoms with Crippen LogP contribution in [0.1, 0.15) is 31.9 Å². The third-order valence-corrected chi connectivity index (χ3v) is 4.15. The molecule has 1 N–H and O–H groups in total. The Kier molecular flexibility index (Phi) is 9.74. The van der Waals surface area contributed by atoms with Gasteiger partial charge in [-0.15, -0.1) is 0 Å². The molecule has 1 aromatic heterocycles. The molecule has 0 saturated heterocycles. The molecule has 1 atom stereocenters. The Morgan fingerprint density at radius 2 is 2.06 bits per heavy atom. The van der Waals surface area contributed by atoms with E-state index in [0.717, 1.165) is 6.34 Å². The van der Waals surface area contributed by atoms with Crippen molar-refractivity contribution in [2.24, 2.45) is 4.99 Å². The maximum atomic E-state index is 12.9. The quantitative estimate of drug-likeness (QED) is 0.192. The first-order valence-corrected chi connectivity index (χ1v) is 9.48. The fraction of sp³-hybridized carbons (Fsp3) is 0.381. The number of nitrogens with one attached hydrogen (secondary N) is 1. The number of nitriles is 1. The maximum Gasteiger partial charge on any atom is 0.432 e. The van der Waals surface area contributed by atoms with E-state index in [-0.39, 0.29) is 23.2 Å². The molecule has 0 bridgehead atoms. The first-order valence-electron chi connectivity index (χ1n) is 9.48. The lowest BCUT2D eigenvalue weighted by Gasteiger charge is -2.32. The molecular formula is C21H25F3N6O2. The molecule has 0 amide bonds. The molecule has 0 fully saturated rings. The number of hydrogen-bond acceptors (Lipinski definition) is 7. The zero-order valence-corrected chi connectivity index (χ0v) is 18.2. The number of halogens is 3. The summed E-state index contributed by atoms with van der Waals surface area (Å²) in [5.41, 5.74) is -0.592. The van der Waals surface area contributed by atoms with Crippen molar-refractivity contribution in [1.82, 2.24) is 15.0 Å². The van der Waals surface area contributed by atoms with Crippen LogP contribution >= 0.6 is 0 Å². The van der Waals surface area contributed by atoms with Gasteiger partial charge in [0.25, 0.3) is 0 Å². The number of hydrazine groups is 1. The maximum absolute atomic E-state index is 12.9. The molecular weight excluding hydrogens is 425 g/mol. The summed E-state index contributed by atoms with van der Waals surface area (Å²) in [5, 5.41) is 19.5. The number of esters is 1. The van der Waals surface area contributed by atoms with Crippen molar-refractivity contribution in [3.8, 4) is 6.07 Å². The van der Waals surface area contributed by atoms with E-state index >= 15 is 0 Å². The first kappa shape index (κ1) is 26.5. The molecule has 1 heterocycles. The van der Waals surface area contributed by atoms with E-state index in [4.69, 9.17) is 15.4 Å². The minimum atomic E-state index is -4.62. The third-order valence-electron chi connectivity index (χ3n) is 4.15. The highest BCUT2D eigenvalue weighted by molar-refractivity contribution is 6.16. The van der Waals surface area contributed by atoms with E-state index in [9.17, 15) is 18.0 Å². The van der Waals surface area contributed by atoms with E-state index in [2.05, 4.69) is 16.6 Å². The summed E-state index contributed by atoms with van der Waals surface area (Å²) in [6.07, 6.45) is 0.440. The lowest BCUT2D eigenvalue weighted by atomic mass is 10.1. The molecule has 11 heteroatoms. The Labute approximate surface area is 184 Å². The van der Waals surface area contributed by atoms with E-state index in [1.54, 1.807) is 20.8 Å². The summed E-state index contributed by atoms with van der Waals surface area (Å²) in [6, 6.07) is 2.78. The van der Waals surface area contributed by atoms with Gasteiger partial charge in [-0.1, -0.05) is 6.58 Å². The highest BCUT2D eigenvalue weighted by atomic mass is 19.4. The van der Waals surface area contributed by atoms with Crippen LogP contribution in [-0.4, -0.2) is 64.9 Å². The SMILES string of the molecule is C=C/C(=N\CC(C)N(C)N(C=N)/C=C(/C(=O)OC(C)C)c1cncc(C#N)c1)C(F)(F)F. The van der Waals surface area contributed by atoms with Gasteiger partial charge in [-0.2, -0.15) is 18.4 Å². The smallest absolute Gasteiger partial charge is 0.432 e. The Morgan fingerprint density at radius 1 is 1.41 bits per heavy atom. The van der Waals surface area contributed by atoms with Gasteiger partial charge in [-0.3, -0.25) is 20.4 Å². The molecule has 0 spiro atoms. The predicted octanol–water partition coefficient (Wildman–Crippen LogP) is 3.58. The summed E-state index contributed by atoms with van der Waals surface area (Å²) >= 11 is 0. The number of aliphatic imine (C=N–C) groups is 1. The van der Waals surface area contributed by atoms with Gasteiger partial charge < -0.3 is 4.74 Å². The fourth-order valence-corrected chi connectivity index (χ4v) is 2.37. The predicted molar refractivity (Wildman–Crippen MR) is 115 cm³/mol. The monoisotopic (exact) mass is 450 g/mol. The first-order chi connectivity index (χ1) is 14.9. The zero-order valence-electron chi connectivity index (χ0n) is 18.2. The molecule has 8 nitrogen and oxygen atoms in total. The van der Waals surface area contributed by atoms with Crippen LogP contribution in [0.15, 0.2) is 42.3 Å². The molecule has 0 aromatic carbocycles. The van der Waals surface area contributed by atoms with Crippen molar-refractivity contribution in [2.75, 3.05) is 13.6 Å². The average Bonchev–Trinajstić information content (AvgIpc) is 2.72. The highest BCUT2D eigenvalue weighted by Gasteiger charge is 2.33. The number of aromatic nitrogens is 1. The lowest BCUT2D eigenvalue weighted by Crippen LogP contribution is -2.43. The van der Waals surface area contributed by atoms with Gasteiger partial charge in [0, 0.05) is 37.2 Å². The van der Waals surface area contributed by atoms with Gasteiger partial charge in [0.15, 0.2) is 0 Å². The number of ether oxygens (including phenoxy) is 1. The summed E-state index contributed by atoms with van der Waals surface area (Å²) in [6.45, 7) is 7.82. The van der Waals surface area contributed by atoms with Crippen LogP contribution in [0.5, 0.6) is 0 Å². The molecule has 1 aromatic rings. The Bertz CT molecular complexity index is 934. The summed E-state index contributed by atoms with van der Waals surface area (Å²) in [5.74, 6) is -0.714. The number of hydrogen-bond donors (Lipinski definition) is 1. The van der Waals surface area contributed by atoms with Gasteiger partial charge >= 0.3 is 12.1 Å². The standard InChI is InChI=1S/C21H25F3N6O2/c1-6-19(21(22,23)24)28-9-15(4)29(5)30(13-26)12-18(20(31)32-14(2)3)17-7-16(8-25)10-27-11-17/h6-7,10-15,26H,1,9H2,2-5H3/b18-12+,26-13?,28-19+. The number of carbonyl (C=O) groups is 1. The van der Waals surface area contributed by atoms with Crippen molar-refractivity contribution in [3.05, 3.63) is 48.4 Å². The molecule has 0 aliphatic heterocycles. The van der Waals surface area contributed by atoms with Crippen molar-refractivity contribution < 1.29 is 22.7 Å². The van der Waals surface area contributed by atoms with Gasteiger partial charge in [0.1, 0.15) is 18.1 Å². The molecule has 1 rings (SSSR count). The number of pyridine rings is 1. The summed E-state index contributed by atoms with van der Waals surface area (Å²) < 4.78 is 43.8. The number of nitrogens with zero attached hydrogens (tertiary/aromatic N) is 5. The van der Waals surface area contributed by atoms with Crippen molar-refractivity contribution in [2.45, 2.75) is 39.1 Å². The van der Waals surface area contributed by atoms with Crippen LogP contribution < -0.4 is 0 Å². The van der Waals surface area contributed by atoms with E-state index in [0.29, 0.717) is 6.08 Å². The average molecular weight is 450 g/mol. The largest absolute Gasteiger partial charge is 0.459 e. The third kappa shape index (κ3) is 7.63. The minimum absolute atomic E-state index is 0.0106. The lowest BCUT2D eigenvalue weighted by molar-refractivity contribution is -0.140. The van der Waals surface area contributed by atoms with Gasteiger partial charge in [-0.25, -0.2) is 9.80 Å². The molecule has 0 saturated carbocycles. The van der Waals surface area contributed by atoms with Crippen LogP contribution in [0.2, 0.25) is 0 Å². The number of carbonyl (C=O) groups excluding carboxylic acids is 1. The van der Waals surface area contributed by atoms with E-state index in [1.807, 2.05) is 6.07 Å². The topological polar surface area (TPSA) is 106 Å². The molecule has 172 valence electrons. The second kappa shape index (κ2) is 11.8. The van der Waals surface area contributed by atoms with Gasteiger partial charge in [0.2, 0.25) is 0 Å². The van der Waals surface area contributed by atoms with Crippen molar-refractivity contribution in [1.29, 1.82) is 10.7 Å². The Balaban J connectivity index is 3.29. The molecule has 32 heavy (non-hydrogen) atoms. The van der Waals surface area contributed by atoms with Crippen LogP contribution in [-0.2, 0) is 9.53 Å². The number of alkyl halides is 3. The Morgan fingerprint density at radius 3 is 2.56 bits per heavy atom. The second-order valence-electron chi connectivity index (χ2n) is 6.93.